The maximum absolute atomic E-state index is 2.37. The van der Waals surface area contributed by atoms with Gasteiger partial charge in [0, 0.05) is 29.2 Å². The van der Waals surface area contributed by atoms with Crippen molar-refractivity contribution in [2.75, 3.05) is 11.9 Å². The average molecular weight is 432 g/mol. The first-order chi connectivity index (χ1) is 16.8. The van der Waals surface area contributed by atoms with E-state index in [1.807, 2.05) is 0 Å². The van der Waals surface area contributed by atoms with Crippen molar-refractivity contribution in [3.8, 4) is 0 Å². The largest absolute Gasteiger partial charge is 0.344 e. The Labute approximate surface area is 197 Å². The van der Waals surface area contributed by atoms with Crippen LogP contribution in [0.1, 0.15) is 0 Å². The monoisotopic (exact) mass is 431 g/mol. The second kappa shape index (κ2) is 6.36. The van der Waals surface area contributed by atoms with Crippen LogP contribution in [0.5, 0.6) is 0 Å². The van der Waals surface area contributed by atoms with Crippen LogP contribution in [-0.2, 0) is 0 Å². The van der Waals surface area contributed by atoms with Crippen LogP contribution in [0.25, 0.3) is 64.6 Å². The number of hydrogen-bond donors (Lipinski definition) is 0. The van der Waals surface area contributed by atoms with Gasteiger partial charge in [0.1, 0.15) is 0 Å². The summed E-state index contributed by atoms with van der Waals surface area (Å²) >= 11 is 0. The Morgan fingerprint density at radius 2 is 0.676 bits per heavy atom. The predicted molar refractivity (Wildman–Crippen MR) is 148 cm³/mol. The lowest BCUT2D eigenvalue weighted by Gasteiger charge is -2.25. The standard InChI is InChI=1S/C33H21N/c1-34(28-18-14-24-10-8-20-4-2-6-22-12-16-26(28)32(24)30(20)22)29-19-15-25-11-9-21-5-3-7-23-13-17-27(29)33(25)31(21)23/h2-19H,1H3. The Kier molecular flexibility index (Phi) is 3.39. The third kappa shape index (κ3) is 2.24. The van der Waals surface area contributed by atoms with Crippen molar-refractivity contribution in [2.45, 2.75) is 0 Å². The van der Waals surface area contributed by atoms with Crippen molar-refractivity contribution in [3.05, 3.63) is 109 Å². The lowest BCUT2D eigenvalue weighted by Crippen LogP contribution is -2.10. The molecule has 0 saturated carbocycles. The summed E-state index contributed by atoms with van der Waals surface area (Å²) in [5, 5.41) is 15.9. The molecule has 0 fully saturated rings. The van der Waals surface area contributed by atoms with Crippen molar-refractivity contribution in [3.63, 3.8) is 0 Å². The van der Waals surface area contributed by atoms with Gasteiger partial charge in [0.25, 0.3) is 0 Å². The van der Waals surface area contributed by atoms with E-state index in [-0.39, 0.29) is 0 Å². The fourth-order valence-corrected chi connectivity index (χ4v) is 6.15. The maximum atomic E-state index is 2.37. The highest BCUT2D eigenvalue weighted by Crippen LogP contribution is 2.43. The molecule has 34 heavy (non-hydrogen) atoms. The van der Waals surface area contributed by atoms with Crippen molar-refractivity contribution in [1.29, 1.82) is 0 Å². The van der Waals surface area contributed by atoms with Gasteiger partial charge in [-0.05, 0) is 66.0 Å². The second-order valence-corrected chi connectivity index (χ2v) is 9.44. The molecule has 0 aliphatic rings. The highest BCUT2D eigenvalue weighted by molar-refractivity contribution is 6.27. The van der Waals surface area contributed by atoms with Crippen LogP contribution >= 0.6 is 0 Å². The molecule has 1 nitrogen and oxygen atoms in total. The molecule has 0 unspecified atom stereocenters. The molecule has 0 amide bonds. The Hall–Kier alpha value is -4.36. The summed E-state index contributed by atoms with van der Waals surface area (Å²) in [5.74, 6) is 0. The number of rotatable bonds is 2. The van der Waals surface area contributed by atoms with E-state index in [2.05, 4.69) is 121 Å². The fourth-order valence-electron chi connectivity index (χ4n) is 6.15. The SMILES string of the molecule is CN(c1ccc2ccc3cccc4ccc1c2c34)c1ccc2ccc3cccc4ccc1c2c34. The van der Waals surface area contributed by atoms with Crippen molar-refractivity contribution >= 4 is 76.0 Å². The van der Waals surface area contributed by atoms with E-state index in [0.717, 1.165) is 0 Å². The van der Waals surface area contributed by atoms with Crippen molar-refractivity contribution in [1.82, 2.24) is 0 Å². The minimum atomic E-state index is 1.24. The molecule has 0 N–H and O–H groups in total. The number of benzene rings is 8. The quantitative estimate of drug-likeness (QED) is 0.247. The van der Waals surface area contributed by atoms with E-state index in [4.69, 9.17) is 0 Å². The van der Waals surface area contributed by atoms with Gasteiger partial charge in [0.2, 0.25) is 0 Å². The van der Waals surface area contributed by atoms with Gasteiger partial charge in [-0.2, -0.15) is 0 Å². The topological polar surface area (TPSA) is 3.24 Å². The molecule has 0 heterocycles. The number of nitrogens with zero attached hydrogens (tertiary/aromatic N) is 1. The maximum Gasteiger partial charge on any atom is 0.0488 e. The van der Waals surface area contributed by atoms with Gasteiger partial charge >= 0.3 is 0 Å². The molecule has 0 radical (unpaired) electrons. The molecule has 0 bridgehead atoms. The summed E-state index contributed by atoms with van der Waals surface area (Å²) in [6, 6.07) is 40.4. The van der Waals surface area contributed by atoms with E-state index in [1.54, 1.807) is 0 Å². The van der Waals surface area contributed by atoms with Crippen LogP contribution in [0.3, 0.4) is 0 Å². The zero-order chi connectivity index (χ0) is 22.4. The summed E-state index contributed by atoms with van der Waals surface area (Å²) in [6.07, 6.45) is 0. The van der Waals surface area contributed by atoms with Crippen LogP contribution in [0.15, 0.2) is 109 Å². The molecular weight excluding hydrogens is 410 g/mol. The van der Waals surface area contributed by atoms with Gasteiger partial charge in [-0.1, -0.05) is 97.1 Å². The number of hydrogen-bond acceptors (Lipinski definition) is 1. The molecule has 0 atom stereocenters. The molecule has 0 aromatic heterocycles. The van der Waals surface area contributed by atoms with Crippen LogP contribution in [0, 0.1) is 0 Å². The Balaban J connectivity index is 1.44. The zero-order valence-electron chi connectivity index (χ0n) is 18.8. The lowest BCUT2D eigenvalue weighted by atomic mass is 9.92. The Morgan fingerprint density at radius 3 is 1.09 bits per heavy atom. The third-order valence-electron chi connectivity index (χ3n) is 7.73. The van der Waals surface area contributed by atoms with Gasteiger partial charge in [-0.25, -0.2) is 0 Å². The van der Waals surface area contributed by atoms with E-state index >= 15 is 0 Å². The highest BCUT2D eigenvalue weighted by atomic mass is 15.1. The van der Waals surface area contributed by atoms with Gasteiger partial charge in [0.05, 0.1) is 0 Å². The lowest BCUT2D eigenvalue weighted by molar-refractivity contribution is 1.24. The summed E-state index contributed by atoms with van der Waals surface area (Å²) in [6.45, 7) is 0. The van der Waals surface area contributed by atoms with Gasteiger partial charge in [-0.3, -0.25) is 0 Å². The van der Waals surface area contributed by atoms with Crippen molar-refractivity contribution < 1.29 is 0 Å². The summed E-state index contributed by atoms with van der Waals surface area (Å²) in [7, 11) is 2.21. The molecule has 158 valence electrons. The van der Waals surface area contributed by atoms with Gasteiger partial charge < -0.3 is 4.90 Å². The molecule has 8 aromatic carbocycles. The molecule has 0 aliphatic heterocycles. The molecule has 0 saturated heterocycles. The molecular formula is C33H21N. The highest BCUT2D eigenvalue weighted by Gasteiger charge is 2.17. The minimum Gasteiger partial charge on any atom is -0.344 e. The first kappa shape index (κ1) is 18.1. The molecule has 8 aromatic rings. The van der Waals surface area contributed by atoms with Gasteiger partial charge in [-0.15, -0.1) is 0 Å². The van der Waals surface area contributed by atoms with E-state index in [1.165, 1.54) is 76.0 Å². The smallest absolute Gasteiger partial charge is 0.0488 e. The van der Waals surface area contributed by atoms with E-state index in [0.29, 0.717) is 0 Å². The molecule has 1 heteroatoms. The van der Waals surface area contributed by atoms with Gasteiger partial charge in [0.15, 0.2) is 0 Å². The Bertz CT molecular complexity index is 1850. The first-order valence-corrected chi connectivity index (χ1v) is 11.8. The fraction of sp³-hybridized carbons (Fsp3) is 0.0303. The molecule has 0 aliphatic carbocycles. The van der Waals surface area contributed by atoms with Crippen LogP contribution < -0.4 is 4.90 Å². The molecule has 0 spiro atoms. The first-order valence-electron chi connectivity index (χ1n) is 11.8. The van der Waals surface area contributed by atoms with E-state index < -0.39 is 0 Å². The van der Waals surface area contributed by atoms with Crippen molar-refractivity contribution in [2.24, 2.45) is 0 Å². The third-order valence-corrected chi connectivity index (χ3v) is 7.73. The second-order valence-electron chi connectivity index (χ2n) is 9.44. The average Bonchev–Trinajstić information content (AvgIpc) is 2.90. The predicted octanol–water partition coefficient (Wildman–Crippen LogP) is 9.25. The normalized spacial score (nSPS) is 12.3. The summed E-state index contributed by atoms with van der Waals surface area (Å²) in [4.78, 5) is 2.37. The molecule has 8 rings (SSSR count). The van der Waals surface area contributed by atoms with Crippen LogP contribution in [0.2, 0.25) is 0 Å². The van der Waals surface area contributed by atoms with Crippen LogP contribution in [0.4, 0.5) is 11.4 Å². The summed E-state index contributed by atoms with van der Waals surface area (Å²) in [5.41, 5.74) is 2.47. The minimum absolute atomic E-state index is 1.24. The summed E-state index contributed by atoms with van der Waals surface area (Å²) < 4.78 is 0. The number of anilines is 2. The Morgan fingerprint density at radius 1 is 0.353 bits per heavy atom. The van der Waals surface area contributed by atoms with Crippen LogP contribution in [-0.4, -0.2) is 7.05 Å². The van der Waals surface area contributed by atoms with E-state index in [9.17, 15) is 0 Å². The zero-order valence-corrected chi connectivity index (χ0v) is 18.8.